The summed E-state index contributed by atoms with van der Waals surface area (Å²) in [5.74, 6) is -0.0199. The van der Waals surface area contributed by atoms with E-state index >= 15 is 0 Å². The van der Waals surface area contributed by atoms with Crippen molar-refractivity contribution in [2.75, 3.05) is 25.0 Å². The summed E-state index contributed by atoms with van der Waals surface area (Å²) in [6.07, 6.45) is 3.25. The molecule has 1 atom stereocenters. The molecule has 1 saturated heterocycles. The zero-order chi connectivity index (χ0) is 16.6. The van der Waals surface area contributed by atoms with Crippen LogP contribution >= 0.6 is 0 Å². The van der Waals surface area contributed by atoms with Crippen molar-refractivity contribution in [3.8, 4) is 0 Å². The SMILES string of the molecule is O=C(CNCC1CCCO1)Nc1ccccc1Cc1ccccc1. The summed E-state index contributed by atoms with van der Waals surface area (Å²) in [6.45, 7) is 1.88. The number of carbonyl (C=O) groups is 1. The van der Waals surface area contributed by atoms with Crippen LogP contribution in [0, 0.1) is 0 Å². The Labute approximate surface area is 143 Å². The largest absolute Gasteiger partial charge is 0.377 e. The molecule has 0 aliphatic carbocycles. The molecule has 2 aromatic carbocycles. The van der Waals surface area contributed by atoms with Gasteiger partial charge in [-0.15, -0.1) is 0 Å². The minimum Gasteiger partial charge on any atom is -0.377 e. The molecule has 1 amide bonds. The Balaban J connectivity index is 1.53. The second-order valence-electron chi connectivity index (χ2n) is 6.13. The van der Waals surface area contributed by atoms with E-state index in [9.17, 15) is 4.79 Å². The predicted octanol–water partition coefficient (Wildman–Crippen LogP) is 2.98. The van der Waals surface area contributed by atoms with Crippen molar-refractivity contribution >= 4 is 11.6 Å². The lowest BCUT2D eigenvalue weighted by Gasteiger charge is -2.13. The monoisotopic (exact) mass is 324 g/mol. The molecule has 1 aliphatic rings. The Kier molecular flexibility index (Phi) is 5.99. The van der Waals surface area contributed by atoms with E-state index in [0.29, 0.717) is 6.54 Å². The first-order chi connectivity index (χ1) is 11.8. The number of anilines is 1. The van der Waals surface area contributed by atoms with Crippen molar-refractivity contribution in [2.45, 2.75) is 25.4 Å². The number of benzene rings is 2. The second-order valence-corrected chi connectivity index (χ2v) is 6.13. The Bertz CT molecular complexity index is 652. The average Bonchev–Trinajstić information content (AvgIpc) is 3.11. The van der Waals surface area contributed by atoms with Crippen LogP contribution in [0.5, 0.6) is 0 Å². The lowest BCUT2D eigenvalue weighted by Crippen LogP contribution is -2.33. The third kappa shape index (κ3) is 4.91. The molecule has 2 aromatic rings. The van der Waals surface area contributed by atoms with Crippen LogP contribution in [0.1, 0.15) is 24.0 Å². The fourth-order valence-corrected chi connectivity index (χ4v) is 2.96. The molecule has 0 saturated carbocycles. The molecule has 3 rings (SSSR count). The molecule has 126 valence electrons. The van der Waals surface area contributed by atoms with Gasteiger partial charge in [-0.1, -0.05) is 48.5 Å². The van der Waals surface area contributed by atoms with Gasteiger partial charge in [0.25, 0.3) is 0 Å². The number of ether oxygens (including phenoxy) is 1. The highest BCUT2D eigenvalue weighted by Crippen LogP contribution is 2.19. The number of nitrogens with one attached hydrogen (secondary N) is 2. The molecule has 0 bridgehead atoms. The molecular formula is C20H24N2O2. The zero-order valence-corrected chi connectivity index (χ0v) is 13.8. The van der Waals surface area contributed by atoms with Crippen LogP contribution in [-0.2, 0) is 16.0 Å². The van der Waals surface area contributed by atoms with E-state index in [-0.39, 0.29) is 12.0 Å². The molecule has 4 nitrogen and oxygen atoms in total. The van der Waals surface area contributed by atoms with E-state index < -0.39 is 0 Å². The van der Waals surface area contributed by atoms with Crippen molar-refractivity contribution in [1.82, 2.24) is 5.32 Å². The summed E-state index contributed by atoms with van der Waals surface area (Å²) in [5.41, 5.74) is 3.23. The van der Waals surface area contributed by atoms with Crippen LogP contribution in [0.15, 0.2) is 54.6 Å². The van der Waals surface area contributed by atoms with Crippen LogP contribution in [0.2, 0.25) is 0 Å². The number of hydrogen-bond acceptors (Lipinski definition) is 3. The summed E-state index contributed by atoms with van der Waals surface area (Å²) in [6, 6.07) is 18.2. The highest BCUT2D eigenvalue weighted by molar-refractivity contribution is 5.93. The second kappa shape index (κ2) is 8.62. The van der Waals surface area contributed by atoms with Crippen LogP contribution in [0.4, 0.5) is 5.69 Å². The summed E-state index contributed by atoms with van der Waals surface area (Å²) in [4.78, 5) is 12.2. The summed E-state index contributed by atoms with van der Waals surface area (Å²) in [5, 5.41) is 6.19. The minimum absolute atomic E-state index is 0.0199. The Morgan fingerprint density at radius 1 is 1.08 bits per heavy atom. The maximum absolute atomic E-state index is 12.2. The molecule has 4 heteroatoms. The quantitative estimate of drug-likeness (QED) is 0.823. The molecular weight excluding hydrogens is 300 g/mol. The van der Waals surface area contributed by atoms with Gasteiger partial charge in [-0.3, -0.25) is 4.79 Å². The predicted molar refractivity (Wildman–Crippen MR) is 96.2 cm³/mol. The molecule has 24 heavy (non-hydrogen) atoms. The first-order valence-electron chi connectivity index (χ1n) is 8.55. The van der Waals surface area contributed by atoms with E-state index in [2.05, 4.69) is 28.8 Å². The van der Waals surface area contributed by atoms with Gasteiger partial charge >= 0.3 is 0 Å². The van der Waals surface area contributed by atoms with E-state index in [4.69, 9.17) is 4.74 Å². The van der Waals surface area contributed by atoms with Crippen molar-refractivity contribution in [2.24, 2.45) is 0 Å². The number of amides is 1. The van der Waals surface area contributed by atoms with Crippen molar-refractivity contribution in [3.05, 3.63) is 65.7 Å². The lowest BCUT2D eigenvalue weighted by atomic mass is 10.0. The molecule has 0 radical (unpaired) electrons. The molecule has 0 spiro atoms. The van der Waals surface area contributed by atoms with Crippen molar-refractivity contribution in [1.29, 1.82) is 0 Å². The van der Waals surface area contributed by atoms with Gasteiger partial charge in [-0.05, 0) is 36.5 Å². The standard InChI is InChI=1S/C20H24N2O2/c23-20(15-21-14-18-10-6-12-24-18)22-19-11-5-4-9-17(19)13-16-7-2-1-3-8-16/h1-5,7-9,11,18,21H,6,10,12-15H2,(H,22,23). The van der Waals surface area contributed by atoms with E-state index in [1.165, 1.54) is 5.56 Å². The lowest BCUT2D eigenvalue weighted by molar-refractivity contribution is -0.115. The molecule has 2 N–H and O–H groups in total. The van der Waals surface area contributed by atoms with Gasteiger partial charge in [0.15, 0.2) is 0 Å². The Hall–Kier alpha value is -2.17. The highest BCUT2D eigenvalue weighted by Gasteiger charge is 2.15. The summed E-state index contributed by atoms with van der Waals surface area (Å²) in [7, 11) is 0. The first kappa shape index (κ1) is 16.7. The first-order valence-corrected chi connectivity index (χ1v) is 8.55. The van der Waals surface area contributed by atoms with E-state index in [1.807, 2.05) is 36.4 Å². The number of hydrogen-bond donors (Lipinski definition) is 2. The molecule has 1 unspecified atom stereocenters. The van der Waals surface area contributed by atoms with Gasteiger partial charge in [0, 0.05) is 18.8 Å². The Morgan fingerprint density at radius 3 is 2.67 bits per heavy atom. The van der Waals surface area contributed by atoms with E-state index in [1.54, 1.807) is 0 Å². The van der Waals surface area contributed by atoms with Gasteiger partial charge in [-0.25, -0.2) is 0 Å². The van der Waals surface area contributed by atoms with Crippen molar-refractivity contribution < 1.29 is 9.53 Å². The molecule has 1 aliphatic heterocycles. The van der Waals surface area contributed by atoms with Gasteiger partial charge in [-0.2, -0.15) is 0 Å². The number of rotatable bonds is 7. The molecule has 1 heterocycles. The van der Waals surface area contributed by atoms with Crippen LogP contribution < -0.4 is 10.6 Å². The normalized spacial score (nSPS) is 16.9. The minimum atomic E-state index is -0.0199. The summed E-state index contributed by atoms with van der Waals surface area (Å²) < 4.78 is 5.54. The van der Waals surface area contributed by atoms with E-state index in [0.717, 1.165) is 43.7 Å². The molecule has 1 fully saturated rings. The van der Waals surface area contributed by atoms with Crippen LogP contribution in [0.3, 0.4) is 0 Å². The molecule has 0 aromatic heterocycles. The summed E-state index contributed by atoms with van der Waals surface area (Å²) >= 11 is 0. The fraction of sp³-hybridized carbons (Fsp3) is 0.350. The highest BCUT2D eigenvalue weighted by atomic mass is 16.5. The average molecular weight is 324 g/mol. The van der Waals surface area contributed by atoms with Crippen LogP contribution in [-0.4, -0.2) is 31.7 Å². The number of carbonyl (C=O) groups excluding carboxylic acids is 1. The van der Waals surface area contributed by atoms with Gasteiger partial charge < -0.3 is 15.4 Å². The maximum atomic E-state index is 12.2. The van der Waals surface area contributed by atoms with Crippen molar-refractivity contribution in [3.63, 3.8) is 0 Å². The van der Waals surface area contributed by atoms with Crippen LogP contribution in [0.25, 0.3) is 0 Å². The Morgan fingerprint density at radius 2 is 1.88 bits per heavy atom. The van der Waals surface area contributed by atoms with Gasteiger partial charge in [0.2, 0.25) is 5.91 Å². The maximum Gasteiger partial charge on any atom is 0.238 e. The van der Waals surface area contributed by atoms with Gasteiger partial charge in [0.1, 0.15) is 0 Å². The third-order valence-corrected chi connectivity index (χ3v) is 4.21. The number of para-hydroxylation sites is 1. The zero-order valence-electron chi connectivity index (χ0n) is 13.8. The third-order valence-electron chi connectivity index (χ3n) is 4.21. The van der Waals surface area contributed by atoms with Gasteiger partial charge in [0.05, 0.1) is 12.6 Å². The fourth-order valence-electron chi connectivity index (χ4n) is 2.96. The smallest absolute Gasteiger partial charge is 0.238 e. The topological polar surface area (TPSA) is 50.4 Å².